The molecule has 12 heteroatoms. The number of benzene rings is 3. The topological polar surface area (TPSA) is 109 Å². The Bertz CT molecular complexity index is 1660. The zero-order chi connectivity index (χ0) is 28.3. The van der Waals surface area contributed by atoms with Gasteiger partial charge in [0.15, 0.2) is 5.75 Å². The lowest BCUT2D eigenvalue weighted by atomic mass is 10.1. The summed E-state index contributed by atoms with van der Waals surface area (Å²) in [6.45, 7) is 3.93. The number of hydrogen-bond acceptors (Lipinski definition) is 7. The van der Waals surface area contributed by atoms with E-state index >= 15 is 0 Å². The number of rotatable bonds is 9. The zero-order valence-corrected chi connectivity index (χ0v) is 24.2. The standard InChI is InChI=1S/C27H23BrCl2N4O5/c1-4-15(2)26-32-22-8-6-18(28)12-19(22)27(35)33(26)31-13-17-10-23(34(36)37)25(24(11-17)38-3)39-14-16-5-7-20(29)21(30)9-16/h5-13,15H,4,14H2,1-3H3/t15-/m0/s1. The molecule has 1 heterocycles. The number of fused-ring (bicyclic) bond motifs is 1. The van der Waals surface area contributed by atoms with E-state index in [0.29, 0.717) is 37.9 Å². The van der Waals surface area contributed by atoms with E-state index in [-0.39, 0.29) is 35.3 Å². The van der Waals surface area contributed by atoms with Crippen LogP contribution in [0.4, 0.5) is 5.69 Å². The summed E-state index contributed by atoms with van der Waals surface area (Å²) < 4.78 is 13.2. The van der Waals surface area contributed by atoms with Gasteiger partial charge in [-0.1, -0.05) is 59.0 Å². The molecule has 0 bridgehead atoms. The van der Waals surface area contributed by atoms with E-state index in [9.17, 15) is 14.9 Å². The van der Waals surface area contributed by atoms with Crippen LogP contribution >= 0.6 is 39.1 Å². The molecule has 0 spiro atoms. The Morgan fingerprint density at radius 1 is 1.18 bits per heavy atom. The van der Waals surface area contributed by atoms with Crippen molar-refractivity contribution in [3.05, 3.63) is 100 Å². The second kappa shape index (κ2) is 12.1. The summed E-state index contributed by atoms with van der Waals surface area (Å²) in [5.74, 6) is 0.488. The lowest BCUT2D eigenvalue weighted by molar-refractivity contribution is -0.386. The van der Waals surface area contributed by atoms with E-state index in [0.717, 1.165) is 10.9 Å². The van der Waals surface area contributed by atoms with Crippen molar-refractivity contribution in [3.8, 4) is 11.5 Å². The van der Waals surface area contributed by atoms with Gasteiger partial charge in [-0.3, -0.25) is 14.9 Å². The Morgan fingerprint density at radius 3 is 2.62 bits per heavy atom. The number of nitro groups is 1. The van der Waals surface area contributed by atoms with Crippen LogP contribution in [0.3, 0.4) is 0 Å². The fraction of sp³-hybridized carbons (Fsp3) is 0.222. The molecule has 0 aliphatic heterocycles. The van der Waals surface area contributed by atoms with Crippen molar-refractivity contribution < 1.29 is 14.4 Å². The Hall–Kier alpha value is -3.47. The van der Waals surface area contributed by atoms with Crippen LogP contribution in [0.1, 0.15) is 43.1 Å². The molecule has 4 rings (SSSR count). The monoisotopic (exact) mass is 632 g/mol. The molecule has 0 saturated heterocycles. The molecule has 0 N–H and O–H groups in total. The van der Waals surface area contributed by atoms with Gasteiger partial charge in [-0.2, -0.15) is 9.78 Å². The molecule has 9 nitrogen and oxygen atoms in total. The first-order valence-corrected chi connectivity index (χ1v) is 13.4. The molecular weight excluding hydrogens is 611 g/mol. The van der Waals surface area contributed by atoms with Crippen LogP contribution in [0.2, 0.25) is 10.0 Å². The summed E-state index contributed by atoms with van der Waals surface area (Å²) in [5.41, 5.74) is 0.878. The summed E-state index contributed by atoms with van der Waals surface area (Å²) in [4.78, 5) is 29.4. The van der Waals surface area contributed by atoms with Crippen molar-refractivity contribution in [1.29, 1.82) is 0 Å². The van der Waals surface area contributed by atoms with Crippen LogP contribution in [-0.2, 0) is 6.61 Å². The minimum absolute atomic E-state index is 0.00645. The minimum atomic E-state index is -0.574. The van der Waals surface area contributed by atoms with E-state index in [1.807, 2.05) is 19.9 Å². The van der Waals surface area contributed by atoms with Gasteiger partial charge in [-0.05, 0) is 48.4 Å². The van der Waals surface area contributed by atoms with E-state index in [1.54, 1.807) is 36.4 Å². The van der Waals surface area contributed by atoms with Crippen molar-refractivity contribution in [2.75, 3.05) is 7.11 Å². The first kappa shape index (κ1) is 28.5. The quantitative estimate of drug-likeness (QED) is 0.108. The Labute approximate surface area is 242 Å². The highest BCUT2D eigenvalue weighted by Gasteiger charge is 2.23. The molecule has 4 aromatic rings. The smallest absolute Gasteiger partial charge is 0.315 e. The molecule has 0 radical (unpaired) electrons. The van der Waals surface area contributed by atoms with Gasteiger partial charge in [0, 0.05) is 22.0 Å². The van der Waals surface area contributed by atoms with Gasteiger partial charge in [-0.25, -0.2) is 4.98 Å². The van der Waals surface area contributed by atoms with Gasteiger partial charge in [-0.15, -0.1) is 0 Å². The largest absolute Gasteiger partial charge is 0.493 e. The fourth-order valence-corrected chi connectivity index (χ4v) is 4.49. The first-order valence-electron chi connectivity index (χ1n) is 11.8. The third-order valence-corrected chi connectivity index (χ3v) is 7.28. The SMILES string of the molecule is CC[C@H](C)c1nc2ccc(Br)cc2c(=O)n1N=Cc1cc(OC)c(OCc2ccc(Cl)c(Cl)c2)c([N+](=O)[O-])c1. The van der Waals surface area contributed by atoms with Crippen molar-refractivity contribution in [2.24, 2.45) is 5.10 Å². The lowest BCUT2D eigenvalue weighted by Gasteiger charge is -2.14. The summed E-state index contributed by atoms with van der Waals surface area (Å²) in [6.07, 6.45) is 2.09. The number of halogens is 3. The van der Waals surface area contributed by atoms with Gasteiger partial charge in [0.25, 0.3) is 5.56 Å². The molecule has 39 heavy (non-hydrogen) atoms. The predicted octanol–water partition coefficient (Wildman–Crippen LogP) is 7.36. The van der Waals surface area contributed by atoms with Crippen molar-refractivity contribution in [3.63, 3.8) is 0 Å². The molecule has 0 unspecified atom stereocenters. The third-order valence-electron chi connectivity index (χ3n) is 6.05. The van der Waals surface area contributed by atoms with Gasteiger partial charge in [0.05, 0.1) is 39.2 Å². The summed E-state index contributed by atoms with van der Waals surface area (Å²) in [6, 6.07) is 13.1. The number of hydrogen-bond donors (Lipinski definition) is 0. The maximum atomic E-state index is 13.4. The summed E-state index contributed by atoms with van der Waals surface area (Å²) in [7, 11) is 1.38. The van der Waals surface area contributed by atoms with Crippen LogP contribution < -0.4 is 15.0 Å². The van der Waals surface area contributed by atoms with Crippen molar-refractivity contribution in [1.82, 2.24) is 9.66 Å². The van der Waals surface area contributed by atoms with Gasteiger partial charge in [0.2, 0.25) is 5.75 Å². The molecule has 3 aromatic carbocycles. The second-order valence-corrected chi connectivity index (χ2v) is 10.4. The van der Waals surface area contributed by atoms with Crippen LogP contribution in [-0.4, -0.2) is 27.9 Å². The number of methoxy groups -OCH3 is 1. The fourth-order valence-electron chi connectivity index (χ4n) is 3.80. The average Bonchev–Trinajstić information content (AvgIpc) is 2.92. The highest BCUT2D eigenvalue weighted by molar-refractivity contribution is 9.10. The molecule has 0 aliphatic rings. The van der Waals surface area contributed by atoms with E-state index in [1.165, 1.54) is 24.1 Å². The summed E-state index contributed by atoms with van der Waals surface area (Å²) in [5, 5.41) is 17.5. The molecule has 1 aromatic heterocycles. The minimum Gasteiger partial charge on any atom is -0.493 e. The van der Waals surface area contributed by atoms with Gasteiger partial charge >= 0.3 is 5.69 Å². The Morgan fingerprint density at radius 2 is 1.95 bits per heavy atom. The molecule has 0 saturated carbocycles. The van der Waals surface area contributed by atoms with E-state index in [4.69, 9.17) is 32.7 Å². The lowest BCUT2D eigenvalue weighted by Crippen LogP contribution is -2.23. The maximum absolute atomic E-state index is 13.4. The number of aromatic nitrogens is 2. The molecule has 0 fully saturated rings. The van der Waals surface area contributed by atoms with Gasteiger partial charge < -0.3 is 9.47 Å². The zero-order valence-electron chi connectivity index (χ0n) is 21.2. The van der Waals surface area contributed by atoms with Crippen LogP contribution in [0.25, 0.3) is 10.9 Å². The van der Waals surface area contributed by atoms with Crippen LogP contribution in [0.5, 0.6) is 11.5 Å². The maximum Gasteiger partial charge on any atom is 0.315 e. The molecule has 0 aliphatic carbocycles. The Kier molecular flexibility index (Phi) is 8.89. The molecule has 202 valence electrons. The highest BCUT2D eigenvalue weighted by atomic mass is 79.9. The number of nitro benzene ring substituents is 1. The number of nitrogens with zero attached hydrogens (tertiary/aromatic N) is 4. The molecular formula is C27H23BrCl2N4O5. The van der Waals surface area contributed by atoms with E-state index < -0.39 is 4.92 Å². The van der Waals surface area contributed by atoms with E-state index in [2.05, 4.69) is 26.0 Å². The predicted molar refractivity (Wildman–Crippen MR) is 156 cm³/mol. The van der Waals surface area contributed by atoms with Crippen molar-refractivity contribution in [2.45, 2.75) is 32.8 Å². The first-order chi connectivity index (χ1) is 18.6. The normalized spacial score (nSPS) is 12.2. The average molecular weight is 634 g/mol. The number of ether oxygens (including phenoxy) is 2. The second-order valence-electron chi connectivity index (χ2n) is 8.67. The van der Waals surface area contributed by atoms with Crippen LogP contribution in [0, 0.1) is 10.1 Å². The third kappa shape index (κ3) is 6.24. The summed E-state index contributed by atoms with van der Waals surface area (Å²) >= 11 is 15.4. The van der Waals surface area contributed by atoms with Crippen molar-refractivity contribution >= 4 is 61.9 Å². The van der Waals surface area contributed by atoms with Gasteiger partial charge in [0.1, 0.15) is 12.4 Å². The highest BCUT2D eigenvalue weighted by Crippen LogP contribution is 2.39. The Balaban J connectivity index is 1.76. The molecule has 0 amide bonds. The van der Waals surface area contributed by atoms with Crippen LogP contribution in [0.15, 0.2) is 62.9 Å². The molecule has 1 atom stereocenters.